The van der Waals surface area contributed by atoms with Gasteiger partial charge in [-0.25, -0.2) is 9.59 Å². The van der Waals surface area contributed by atoms with Gasteiger partial charge >= 0.3 is 12.1 Å². The van der Waals surface area contributed by atoms with Crippen LogP contribution in [0.15, 0.2) is 30.3 Å². The van der Waals surface area contributed by atoms with E-state index < -0.39 is 84.4 Å². The van der Waals surface area contributed by atoms with Crippen LogP contribution in [0, 0.1) is 29.6 Å². The standard InChI is InChI=1S/C56H96N8O14/c1-15-36(7)49(63(12)54(71)48(35(5)6)62-53(70)47(57-11)34(3)4)37(8)30-45(67)64-28-20-24-43(64)50(75-14)38(9)51(68)61-42(31-40-22-18-17-19-23-40)52(69)58-26-21-29-76-55(72)39(10)60-44(66)25-27-59-56(73)77-33-46(74-13)78-41(16-2)32-65/h17-19,22-23,34-39,41-43,46-50,57,65H,15-16,20-21,24-33H2,1-14H3,(H,58,69)(H,59,73)(H,60,66)(H,61,68)(H,62,70)/t36?,37?,38-,39+,41?,42+,43+,46?,47+,48+,49+,50-/m1/s1. The van der Waals surface area contributed by atoms with Gasteiger partial charge in [0.2, 0.25) is 35.4 Å². The molecule has 78 heavy (non-hydrogen) atoms. The number of rotatable bonds is 36. The smallest absolute Gasteiger partial charge is 0.407 e. The average molecular weight is 1110 g/mol. The molecule has 12 atom stereocenters. The number of carbonyl (C=O) groups excluding carboxylic acids is 8. The van der Waals surface area contributed by atoms with Crippen molar-refractivity contribution >= 4 is 47.5 Å². The molecule has 22 nitrogen and oxygen atoms in total. The Balaban J connectivity index is 2.03. The highest BCUT2D eigenvalue weighted by Gasteiger charge is 2.42. The van der Waals surface area contributed by atoms with E-state index in [1.807, 2.05) is 71.9 Å². The number of nitrogens with zero attached hydrogens (tertiary/aromatic N) is 2. The fraction of sp³-hybridized carbons (Fsp3) is 0.750. The zero-order valence-corrected chi connectivity index (χ0v) is 49.0. The number of carbonyl (C=O) groups is 8. The lowest BCUT2D eigenvalue weighted by Crippen LogP contribution is -2.58. The molecule has 1 saturated heterocycles. The van der Waals surface area contributed by atoms with Gasteiger partial charge in [-0.1, -0.05) is 99.1 Å². The third-order valence-corrected chi connectivity index (χ3v) is 14.5. The number of likely N-dealkylation sites (N-methyl/N-ethyl adjacent to an activating group) is 2. The molecular weight excluding hydrogens is 1010 g/mol. The Labute approximate surface area is 463 Å². The second-order valence-corrected chi connectivity index (χ2v) is 21.2. The number of ether oxygens (including phenoxy) is 5. The van der Waals surface area contributed by atoms with E-state index in [0.717, 1.165) is 12.0 Å². The molecule has 0 saturated carbocycles. The third-order valence-electron chi connectivity index (χ3n) is 14.5. The number of esters is 1. The van der Waals surface area contributed by atoms with Gasteiger partial charge in [0.1, 0.15) is 24.7 Å². The molecule has 7 N–H and O–H groups in total. The first kappa shape index (κ1) is 68.7. The van der Waals surface area contributed by atoms with Crippen LogP contribution in [0.3, 0.4) is 0 Å². The summed E-state index contributed by atoms with van der Waals surface area (Å²) in [6.07, 6.45) is 0.106. The monoisotopic (exact) mass is 1100 g/mol. The fourth-order valence-electron chi connectivity index (χ4n) is 9.81. The maximum atomic E-state index is 14.4. The number of hydrogen-bond acceptors (Lipinski definition) is 15. The molecule has 0 aliphatic carbocycles. The SMILES string of the molecule is CCC(CO)OC(COC(=O)NCCC(=O)N[C@@H](C)C(=O)OCCCNC(=O)[C@H](Cc1ccccc1)NC(=O)[C@H](C)[C@@H](OC)[C@@H]1CCCN1C(=O)CC(C)[C@H](C(C)CC)N(C)C(=O)[C@@H](NC(=O)[C@@H](NC)C(C)C)C(C)C)OC. The van der Waals surface area contributed by atoms with Crippen molar-refractivity contribution in [2.45, 2.75) is 175 Å². The van der Waals surface area contributed by atoms with Crippen LogP contribution in [0.25, 0.3) is 0 Å². The molecule has 4 unspecified atom stereocenters. The van der Waals surface area contributed by atoms with Crippen molar-refractivity contribution in [1.29, 1.82) is 0 Å². The molecule has 1 aromatic rings. The maximum absolute atomic E-state index is 14.4. The summed E-state index contributed by atoms with van der Waals surface area (Å²) in [4.78, 5) is 111. The van der Waals surface area contributed by atoms with Crippen molar-refractivity contribution in [3.05, 3.63) is 35.9 Å². The summed E-state index contributed by atoms with van der Waals surface area (Å²) in [6.45, 7) is 18.7. The predicted molar refractivity (Wildman–Crippen MR) is 294 cm³/mol. The van der Waals surface area contributed by atoms with E-state index >= 15 is 0 Å². The Bertz CT molecular complexity index is 2010. The summed E-state index contributed by atoms with van der Waals surface area (Å²) in [7, 11) is 6.36. The highest BCUT2D eigenvalue weighted by Crippen LogP contribution is 2.31. The van der Waals surface area contributed by atoms with Crippen LogP contribution in [-0.4, -0.2) is 185 Å². The highest BCUT2D eigenvalue weighted by atomic mass is 16.7. The zero-order valence-electron chi connectivity index (χ0n) is 49.0. The second-order valence-electron chi connectivity index (χ2n) is 21.2. The van der Waals surface area contributed by atoms with Gasteiger partial charge in [-0.05, 0) is 68.9 Å². The van der Waals surface area contributed by atoms with E-state index in [0.29, 0.717) is 25.8 Å². The Hall–Kier alpha value is -5.42. The molecule has 7 amide bonds. The van der Waals surface area contributed by atoms with Crippen LogP contribution in [0.5, 0.6) is 0 Å². The van der Waals surface area contributed by atoms with Crippen molar-refractivity contribution in [3.8, 4) is 0 Å². The Kier molecular flexibility index (Phi) is 31.7. The van der Waals surface area contributed by atoms with Crippen molar-refractivity contribution in [3.63, 3.8) is 0 Å². The van der Waals surface area contributed by atoms with Crippen LogP contribution in [0.2, 0.25) is 0 Å². The van der Waals surface area contributed by atoms with Crippen LogP contribution < -0.4 is 31.9 Å². The fourth-order valence-corrected chi connectivity index (χ4v) is 9.81. The van der Waals surface area contributed by atoms with Gasteiger partial charge in [0.25, 0.3) is 0 Å². The molecule has 444 valence electrons. The number of amides is 7. The summed E-state index contributed by atoms with van der Waals surface area (Å²) in [6, 6.07) is 5.26. The van der Waals surface area contributed by atoms with Crippen LogP contribution in [0.4, 0.5) is 4.79 Å². The van der Waals surface area contributed by atoms with Gasteiger partial charge < -0.3 is 70.5 Å². The van der Waals surface area contributed by atoms with E-state index in [-0.39, 0.29) is 106 Å². The maximum Gasteiger partial charge on any atom is 0.407 e. The normalized spacial score (nSPS) is 17.7. The number of alkyl carbamates (subject to hydrolysis) is 1. The quantitative estimate of drug-likeness (QED) is 0.0289. The lowest BCUT2D eigenvalue weighted by Gasteiger charge is -2.40. The Morgan fingerprint density at radius 1 is 0.782 bits per heavy atom. The molecule has 0 aromatic heterocycles. The third kappa shape index (κ3) is 22.4. The molecular formula is C56H96N8O14. The summed E-state index contributed by atoms with van der Waals surface area (Å²) in [5.74, 6) is -3.87. The molecule has 1 fully saturated rings. The Morgan fingerprint density at radius 2 is 1.45 bits per heavy atom. The number of nitrogens with one attached hydrogen (secondary N) is 6. The predicted octanol–water partition coefficient (Wildman–Crippen LogP) is 3.07. The molecule has 1 aliphatic heterocycles. The minimum absolute atomic E-state index is 0.0105. The molecule has 0 spiro atoms. The number of likely N-dealkylation sites (tertiary alicyclic amines) is 1. The van der Waals surface area contributed by atoms with E-state index in [4.69, 9.17) is 23.7 Å². The summed E-state index contributed by atoms with van der Waals surface area (Å²) in [5.41, 5.74) is 0.808. The van der Waals surface area contributed by atoms with Crippen molar-refractivity contribution in [2.24, 2.45) is 29.6 Å². The van der Waals surface area contributed by atoms with Gasteiger partial charge in [0, 0.05) is 66.2 Å². The van der Waals surface area contributed by atoms with Gasteiger partial charge in [0.15, 0.2) is 6.29 Å². The van der Waals surface area contributed by atoms with E-state index in [9.17, 15) is 43.5 Å². The lowest BCUT2D eigenvalue weighted by molar-refractivity contribution is -0.181. The first-order valence-electron chi connectivity index (χ1n) is 27.8. The number of aliphatic hydroxyl groups excluding tert-OH is 1. The van der Waals surface area contributed by atoms with E-state index in [1.54, 1.807) is 30.8 Å². The van der Waals surface area contributed by atoms with Gasteiger partial charge in [-0.2, -0.15) is 0 Å². The summed E-state index contributed by atoms with van der Waals surface area (Å²) >= 11 is 0. The number of hydrogen-bond donors (Lipinski definition) is 7. The highest BCUT2D eigenvalue weighted by molar-refractivity contribution is 5.91. The molecule has 0 radical (unpaired) electrons. The van der Waals surface area contributed by atoms with E-state index in [1.165, 1.54) is 21.1 Å². The van der Waals surface area contributed by atoms with Gasteiger partial charge in [-0.15, -0.1) is 0 Å². The number of methoxy groups -OCH3 is 2. The molecule has 2 rings (SSSR count). The molecule has 1 aromatic carbocycles. The van der Waals surface area contributed by atoms with E-state index in [2.05, 4.69) is 45.7 Å². The molecule has 1 aliphatic rings. The first-order valence-corrected chi connectivity index (χ1v) is 27.8. The summed E-state index contributed by atoms with van der Waals surface area (Å²) in [5, 5.41) is 26.1. The summed E-state index contributed by atoms with van der Waals surface area (Å²) < 4.78 is 27.0. The van der Waals surface area contributed by atoms with Crippen LogP contribution in [0.1, 0.15) is 120 Å². The van der Waals surface area contributed by atoms with Crippen molar-refractivity contribution in [1.82, 2.24) is 41.7 Å². The van der Waals surface area contributed by atoms with Crippen LogP contribution in [-0.2, 0) is 63.7 Å². The lowest BCUT2D eigenvalue weighted by atomic mass is 9.84. The Morgan fingerprint density at radius 3 is 2.03 bits per heavy atom. The van der Waals surface area contributed by atoms with Crippen molar-refractivity contribution in [2.75, 3.05) is 67.8 Å². The zero-order chi connectivity index (χ0) is 58.6. The van der Waals surface area contributed by atoms with Crippen molar-refractivity contribution < 1.29 is 67.1 Å². The minimum Gasteiger partial charge on any atom is -0.464 e. The number of aliphatic hydroxyl groups is 1. The molecule has 0 bridgehead atoms. The minimum atomic E-state index is -1.00. The molecule has 1 heterocycles. The van der Waals surface area contributed by atoms with Gasteiger partial charge in [-0.3, -0.25) is 28.8 Å². The van der Waals surface area contributed by atoms with Crippen LogP contribution >= 0.6 is 0 Å². The molecule has 22 heteroatoms. The average Bonchev–Trinajstić information content (AvgIpc) is 3.90. The van der Waals surface area contributed by atoms with Gasteiger partial charge in [0.05, 0.1) is 43.4 Å². The topological polar surface area (TPSA) is 282 Å². The number of benzene rings is 1. The first-order chi connectivity index (χ1) is 37.0. The second kappa shape index (κ2) is 36.0. The largest absolute Gasteiger partial charge is 0.464 e.